The van der Waals surface area contributed by atoms with Crippen molar-refractivity contribution in [3.63, 3.8) is 0 Å². The van der Waals surface area contributed by atoms with Crippen LogP contribution in [0.5, 0.6) is 0 Å². The maximum Gasteiger partial charge on any atom is 0.303 e. The predicted octanol–water partition coefficient (Wildman–Crippen LogP) is 0.622. The lowest BCUT2D eigenvalue weighted by atomic mass is 9.89. The highest BCUT2D eigenvalue weighted by molar-refractivity contribution is 5.73. The fourth-order valence-corrected chi connectivity index (χ4v) is 2.14. The summed E-state index contributed by atoms with van der Waals surface area (Å²) >= 11 is 0. The number of amides is 1. The van der Waals surface area contributed by atoms with Crippen LogP contribution in [0.1, 0.15) is 33.1 Å². The molecule has 5 nitrogen and oxygen atoms in total. The summed E-state index contributed by atoms with van der Waals surface area (Å²) in [5.41, 5.74) is 0. The number of methoxy groups -OCH3 is 1. The Morgan fingerprint density at radius 1 is 1.25 bits per heavy atom. The van der Waals surface area contributed by atoms with E-state index in [2.05, 4.69) is 5.32 Å². The van der Waals surface area contributed by atoms with Crippen molar-refractivity contribution in [2.75, 3.05) is 7.11 Å². The van der Waals surface area contributed by atoms with Gasteiger partial charge in [0.1, 0.15) is 6.10 Å². The van der Waals surface area contributed by atoms with Gasteiger partial charge < -0.3 is 14.8 Å². The van der Waals surface area contributed by atoms with Crippen LogP contribution in [0.15, 0.2) is 0 Å². The van der Waals surface area contributed by atoms with E-state index in [1.54, 1.807) is 7.11 Å². The first-order chi connectivity index (χ1) is 7.54. The van der Waals surface area contributed by atoms with E-state index in [4.69, 9.17) is 9.47 Å². The standard InChI is InChI=1S/C11H19NO4/c1-7(13)12-9-5-4-6-10(15-3)11(9)16-8(2)14/h9-11H,4-6H2,1-3H3,(H,12,13)/t9-,10+,11+/m0/s1. The Labute approximate surface area is 95.5 Å². The minimum absolute atomic E-state index is 0.112. The summed E-state index contributed by atoms with van der Waals surface area (Å²) in [4.78, 5) is 22.1. The zero-order valence-corrected chi connectivity index (χ0v) is 9.99. The summed E-state index contributed by atoms with van der Waals surface area (Å²) in [5, 5.41) is 2.81. The highest BCUT2D eigenvalue weighted by atomic mass is 16.6. The molecular formula is C11H19NO4. The van der Waals surface area contributed by atoms with Crippen molar-refractivity contribution in [3.05, 3.63) is 0 Å². The molecule has 0 spiro atoms. The lowest BCUT2D eigenvalue weighted by molar-refractivity contribution is -0.160. The summed E-state index contributed by atoms with van der Waals surface area (Å²) in [7, 11) is 1.59. The number of carbonyl (C=O) groups is 2. The summed E-state index contributed by atoms with van der Waals surface area (Å²) in [5.74, 6) is -0.455. The molecule has 0 heterocycles. The maximum atomic E-state index is 11.0. The molecule has 0 aromatic rings. The van der Waals surface area contributed by atoms with Gasteiger partial charge in [-0.2, -0.15) is 0 Å². The lowest BCUT2D eigenvalue weighted by Crippen LogP contribution is -2.53. The first-order valence-corrected chi connectivity index (χ1v) is 5.51. The van der Waals surface area contributed by atoms with Crippen molar-refractivity contribution in [2.45, 2.75) is 51.4 Å². The van der Waals surface area contributed by atoms with E-state index >= 15 is 0 Å². The second-order valence-corrected chi connectivity index (χ2v) is 4.09. The normalized spacial score (nSPS) is 29.6. The molecule has 0 bridgehead atoms. The summed E-state index contributed by atoms with van der Waals surface area (Å²) in [6.07, 6.45) is 2.12. The van der Waals surface area contributed by atoms with E-state index in [0.29, 0.717) is 0 Å². The van der Waals surface area contributed by atoms with Gasteiger partial charge in [0.15, 0.2) is 0 Å². The molecular weight excluding hydrogens is 210 g/mol. The Balaban J connectivity index is 2.69. The Hall–Kier alpha value is -1.10. The number of nitrogens with one attached hydrogen (secondary N) is 1. The third-order valence-electron chi connectivity index (χ3n) is 2.76. The van der Waals surface area contributed by atoms with Gasteiger partial charge in [0, 0.05) is 21.0 Å². The third-order valence-corrected chi connectivity index (χ3v) is 2.76. The van der Waals surface area contributed by atoms with Crippen LogP contribution >= 0.6 is 0 Å². The molecule has 0 aromatic heterocycles. The lowest BCUT2D eigenvalue weighted by Gasteiger charge is -2.36. The van der Waals surface area contributed by atoms with E-state index < -0.39 is 0 Å². The highest BCUT2D eigenvalue weighted by Gasteiger charge is 2.36. The molecule has 0 radical (unpaired) electrons. The molecule has 0 saturated heterocycles. The summed E-state index contributed by atoms with van der Waals surface area (Å²) < 4.78 is 10.5. The van der Waals surface area contributed by atoms with Crippen LogP contribution in [0.25, 0.3) is 0 Å². The van der Waals surface area contributed by atoms with E-state index in [1.807, 2.05) is 0 Å². The molecule has 0 aromatic carbocycles. The molecule has 0 unspecified atom stereocenters. The van der Waals surface area contributed by atoms with E-state index in [0.717, 1.165) is 19.3 Å². The third kappa shape index (κ3) is 3.48. The maximum absolute atomic E-state index is 11.0. The number of rotatable bonds is 3. The van der Waals surface area contributed by atoms with Crippen LogP contribution in [0.2, 0.25) is 0 Å². The molecule has 0 aliphatic heterocycles. The minimum atomic E-state index is -0.375. The molecule has 1 aliphatic carbocycles. The Kier molecular flexibility index (Phi) is 4.73. The fourth-order valence-electron chi connectivity index (χ4n) is 2.14. The van der Waals surface area contributed by atoms with Gasteiger partial charge in [-0.15, -0.1) is 0 Å². The van der Waals surface area contributed by atoms with E-state index in [1.165, 1.54) is 13.8 Å². The monoisotopic (exact) mass is 229 g/mol. The number of ether oxygens (including phenoxy) is 2. The van der Waals surface area contributed by atoms with Gasteiger partial charge in [-0.3, -0.25) is 9.59 Å². The minimum Gasteiger partial charge on any atom is -0.458 e. The molecule has 1 N–H and O–H groups in total. The average Bonchev–Trinajstić information content (AvgIpc) is 2.19. The van der Waals surface area contributed by atoms with Crippen molar-refractivity contribution in [2.24, 2.45) is 0 Å². The second kappa shape index (κ2) is 5.84. The molecule has 3 atom stereocenters. The van der Waals surface area contributed by atoms with Crippen molar-refractivity contribution in [1.29, 1.82) is 0 Å². The zero-order valence-electron chi connectivity index (χ0n) is 9.99. The molecule has 1 rings (SSSR count). The number of hydrogen-bond donors (Lipinski definition) is 1. The van der Waals surface area contributed by atoms with E-state index in [-0.39, 0.29) is 30.1 Å². The summed E-state index contributed by atoms with van der Waals surface area (Å²) in [6.45, 7) is 2.83. The molecule has 1 amide bonds. The van der Waals surface area contributed by atoms with Crippen molar-refractivity contribution in [1.82, 2.24) is 5.32 Å². The van der Waals surface area contributed by atoms with Gasteiger partial charge in [0.05, 0.1) is 12.1 Å². The van der Waals surface area contributed by atoms with Crippen LogP contribution < -0.4 is 5.32 Å². The number of hydrogen-bond acceptors (Lipinski definition) is 4. The van der Waals surface area contributed by atoms with Crippen molar-refractivity contribution in [3.8, 4) is 0 Å². The molecule has 92 valence electrons. The van der Waals surface area contributed by atoms with Crippen LogP contribution in [0.3, 0.4) is 0 Å². The van der Waals surface area contributed by atoms with Crippen LogP contribution in [-0.2, 0) is 19.1 Å². The van der Waals surface area contributed by atoms with Crippen molar-refractivity contribution < 1.29 is 19.1 Å². The molecule has 16 heavy (non-hydrogen) atoms. The topological polar surface area (TPSA) is 64.6 Å². The van der Waals surface area contributed by atoms with E-state index in [9.17, 15) is 9.59 Å². The molecule has 1 aliphatic rings. The quantitative estimate of drug-likeness (QED) is 0.721. The van der Waals surface area contributed by atoms with Gasteiger partial charge >= 0.3 is 5.97 Å². The summed E-state index contributed by atoms with van der Waals surface area (Å²) in [6, 6.07) is -0.139. The van der Waals surface area contributed by atoms with Gasteiger partial charge in [-0.05, 0) is 19.3 Å². The van der Waals surface area contributed by atoms with Crippen LogP contribution in [-0.4, -0.2) is 37.2 Å². The number of esters is 1. The zero-order chi connectivity index (χ0) is 12.1. The smallest absolute Gasteiger partial charge is 0.303 e. The first-order valence-electron chi connectivity index (χ1n) is 5.51. The Morgan fingerprint density at radius 3 is 2.44 bits per heavy atom. The Bertz CT molecular complexity index is 267. The Morgan fingerprint density at radius 2 is 1.94 bits per heavy atom. The van der Waals surface area contributed by atoms with Crippen LogP contribution in [0, 0.1) is 0 Å². The van der Waals surface area contributed by atoms with Gasteiger partial charge in [-0.1, -0.05) is 0 Å². The first kappa shape index (κ1) is 13.0. The van der Waals surface area contributed by atoms with Gasteiger partial charge in [0.2, 0.25) is 5.91 Å². The largest absolute Gasteiger partial charge is 0.458 e. The SMILES string of the molecule is CO[C@@H]1CCC[C@H](NC(C)=O)[C@H]1OC(C)=O. The van der Waals surface area contributed by atoms with Crippen LogP contribution in [0.4, 0.5) is 0 Å². The van der Waals surface area contributed by atoms with Crippen molar-refractivity contribution >= 4 is 11.9 Å². The molecule has 1 saturated carbocycles. The average molecular weight is 229 g/mol. The van der Waals surface area contributed by atoms with Gasteiger partial charge in [-0.25, -0.2) is 0 Å². The number of carbonyl (C=O) groups excluding carboxylic acids is 2. The highest BCUT2D eigenvalue weighted by Crippen LogP contribution is 2.24. The predicted molar refractivity (Wildman–Crippen MR) is 57.8 cm³/mol. The molecule has 1 fully saturated rings. The fraction of sp³-hybridized carbons (Fsp3) is 0.818. The van der Waals surface area contributed by atoms with Gasteiger partial charge in [0.25, 0.3) is 0 Å². The molecule has 5 heteroatoms. The second-order valence-electron chi connectivity index (χ2n) is 4.09.